The van der Waals surface area contributed by atoms with Gasteiger partial charge in [0.05, 0.1) is 22.8 Å². The normalized spacial score (nSPS) is 27.0. The van der Waals surface area contributed by atoms with Crippen LogP contribution in [0.2, 0.25) is 0 Å². The summed E-state index contributed by atoms with van der Waals surface area (Å²) in [6.07, 6.45) is 16.7. The van der Waals surface area contributed by atoms with Crippen LogP contribution in [-0.2, 0) is 5.41 Å². The second-order valence-corrected chi connectivity index (χ2v) is 15.3. The summed E-state index contributed by atoms with van der Waals surface area (Å²) in [6, 6.07) is 29.2. The Morgan fingerprint density at radius 1 is 0.700 bits per heavy atom. The molecule has 2 atom stereocenters. The molecule has 1 aliphatic heterocycles. The van der Waals surface area contributed by atoms with E-state index < -0.39 is 0 Å². The number of nitrogens with zero attached hydrogens (tertiary/aromatic N) is 4. The van der Waals surface area contributed by atoms with Gasteiger partial charge in [0.15, 0.2) is 17.5 Å². The number of para-hydroxylation sites is 2. The quantitative estimate of drug-likeness (QED) is 0.189. The molecule has 4 aromatic carbocycles. The first-order valence-corrected chi connectivity index (χ1v) is 18.0. The summed E-state index contributed by atoms with van der Waals surface area (Å²) >= 11 is 0. The molecule has 6 aromatic rings. The lowest BCUT2D eigenvalue weighted by molar-refractivity contribution is -0.00518. The number of allylic oxidation sites excluding steroid dienone is 2. The van der Waals surface area contributed by atoms with Crippen molar-refractivity contribution >= 4 is 21.9 Å². The number of benzene rings is 4. The lowest BCUT2D eigenvalue weighted by atomic mass is 9.48. The number of nitriles is 1. The van der Waals surface area contributed by atoms with Gasteiger partial charge in [-0.25, -0.2) is 15.0 Å². The zero-order chi connectivity index (χ0) is 33.0. The average Bonchev–Trinajstić information content (AvgIpc) is 3.72. The second kappa shape index (κ2) is 10.5. The second-order valence-electron chi connectivity index (χ2n) is 15.3. The van der Waals surface area contributed by atoms with Gasteiger partial charge in [-0.1, -0.05) is 66.8 Å². The summed E-state index contributed by atoms with van der Waals surface area (Å²) in [5.74, 6) is 5.40. The number of fused-ring (bicyclic) bond motifs is 6. The van der Waals surface area contributed by atoms with Crippen molar-refractivity contribution < 1.29 is 9.15 Å². The SMILES string of the molecule is N#Cc1ccc2oc3c(-c4nc(-c5ccc(C67CC8CC(CC(C8)C6)C7)cc5)nc(-c5cccc6c5OC5C=CC=CC65)n4)cccc3c2c1. The summed E-state index contributed by atoms with van der Waals surface area (Å²) in [6.45, 7) is 0. The van der Waals surface area contributed by atoms with Crippen molar-refractivity contribution in [1.82, 2.24) is 15.0 Å². The van der Waals surface area contributed by atoms with Crippen LogP contribution in [0.1, 0.15) is 61.1 Å². The predicted octanol–water partition coefficient (Wildman–Crippen LogP) is 10.1. The highest BCUT2D eigenvalue weighted by atomic mass is 16.5. The average molecular weight is 651 g/mol. The highest BCUT2D eigenvalue weighted by Gasteiger charge is 2.51. The Morgan fingerprint density at radius 2 is 1.40 bits per heavy atom. The Balaban J connectivity index is 1.07. The highest BCUT2D eigenvalue weighted by molar-refractivity contribution is 6.09. The van der Waals surface area contributed by atoms with Gasteiger partial charge in [-0.3, -0.25) is 0 Å². The van der Waals surface area contributed by atoms with E-state index in [1.807, 2.05) is 42.5 Å². The molecule has 50 heavy (non-hydrogen) atoms. The Bertz CT molecular complexity index is 2450. The summed E-state index contributed by atoms with van der Waals surface area (Å²) in [7, 11) is 0. The first-order valence-electron chi connectivity index (χ1n) is 18.0. The van der Waals surface area contributed by atoms with Crippen LogP contribution in [0.5, 0.6) is 5.75 Å². The van der Waals surface area contributed by atoms with Gasteiger partial charge in [0.1, 0.15) is 23.0 Å². The van der Waals surface area contributed by atoms with Crippen molar-refractivity contribution in [3.63, 3.8) is 0 Å². The van der Waals surface area contributed by atoms with Crippen LogP contribution in [0.25, 0.3) is 56.1 Å². The number of aromatic nitrogens is 3. The minimum Gasteiger partial charge on any atom is -0.484 e. The largest absolute Gasteiger partial charge is 0.484 e. The first kappa shape index (κ1) is 28.3. The van der Waals surface area contributed by atoms with Gasteiger partial charge in [0.2, 0.25) is 0 Å². The maximum Gasteiger partial charge on any atom is 0.167 e. The Hall–Kier alpha value is -5.54. The van der Waals surface area contributed by atoms with Crippen molar-refractivity contribution in [2.45, 2.75) is 56.0 Å². The molecule has 6 nitrogen and oxygen atoms in total. The monoisotopic (exact) mass is 650 g/mol. The van der Waals surface area contributed by atoms with Gasteiger partial charge < -0.3 is 9.15 Å². The van der Waals surface area contributed by atoms with Gasteiger partial charge in [0.25, 0.3) is 0 Å². The number of furan rings is 1. The fraction of sp³-hybridized carbons (Fsp3) is 0.273. The Kier molecular flexibility index (Phi) is 5.94. The van der Waals surface area contributed by atoms with Crippen molar-refractivity contribution in [2.24, 2.45) is 17.8 Å². The van der Waals surface area contributed by atoms with Crippen molar-refractivity contribution in [3.8, 4) is 46.0 Å². The molecule has 6 aliphatic rings. The summed E-state index contributed by atoms with van der Waals surface area (Å²) < 4.78 is 13.0. The standard InChI is InChI=1S/C44H34N4O2/c45-24-25-11-16-38-36(20-25)33-7-4-9-35(40(33)50-38)43-47-41(29-12-14-30(15-13-29)44-21-26-17-27(22-44)19-28(18-26)23-44)46-42(48-43)34-8-3-6-32-31-5-1-2-10-37(31)49-39(32)34/h1-16,20,26-28,31,37H,17-19,21-23H2. The summed E-state index contributed by atoms with van der Waals surface area (Å²) in [5.41, 5.74) is 7.55. The third-order valence-electron chi connectivity index (χ3n) is 12.3. The lowest BCUT2D eigenvalue weighted by Gasteiger charge is -2.57. The van der Waals surface area contributed by atoms with Gasteiger partial charge in [0, 0.05) is 27.8 Å². The van der Waals surface area contributed by atoms with E-state index in [9.17, 15) is 5.26 Å². The van der Waals surface area contributed by atoms with Crippen LogP contribution in [-0.4, -0.2) is 21.1 Å². The predicted molar refractivity (Wildman–Crippen MR) is 193 cm³/mol. The van der Waals surface area contributed by atoms with Crippen LogP contribution in [0.15, 0.2) is 108 Å². The number of hydrogen-bond donors (Lipinski definition) is 0. The van der Waals surface area contributed by atoms with Gasteiger partial charge >= 0.3 is 0 Å². The van der Waals surface area contributed by atoms with Crippen molar-refractivity contribution in [1.29, 1.82) is 5.26 Å². The minimum absolute atomic E-state index is 0.0448. The summed E-state index contributed by atoms with van der Waals surface area (Å²) in [5, 5.41) is 11.4. The topological polar surface area (TPSA) is 84.8 Å². The smallest absolute Gasteiger partial charge is 0.167 e. The number of rotatable bonds is 4. The van der Waals surface area contributed by atoms with E-state index >= 15 is 0 Å². The van der Waals surface area contributed by atoms with E-state index in [-0.39, 0.29) is 12.0 Å². The van der Waals surface area contributed by atoms with E-state index in [1.54, 1.807) is 6.07 Å². The molecule has 2 aromatic heterocycles. The molecule has 12 rings (SSSR count). The third-order valence-corrected chi connectivity index (χ3v) is 12.3. The van der Waals surface area contributed by atoms with Crippen molar-refractivity contribution in [3.05, 3.63) is 120 Å². The summed E-state index contributed by atoms with van der Waals surface area (Å²) in [4.78, 5) is 15.4. The molecule has 2 unspecified atom stereocenters. The first-order chi connectivity index (χ1) is 24.6. The maximum atomic E-state index is 9.57. The van der Waals surface area contributed by atoms with E-state index in [1.165, 1.54) is 44.1 Å². The molecule has 4 fully saturated rings. The van der Waals surface area contributed by atoms with Gasteiger partial charge in [-0.15, -0.1) is 0 Å². The van der Waals surface area contributed by atoms with E-state index in [0.717, 1.165) is 62.1 Å². The molecule has 0 N–H and O–H groups in total. The molecule has 6 heteroatoms. The van der Waals surface area contributed by atoms with Crippen LogP contribution < -0.4 is 4.74 Å². The Morgan fingerprint density at radius 3 is 2.18 bits per heavy atom. The maximum absolute atomic E-state index is 9.57. The van der Waals surface area contributed by atoms with Gasteiger partial charge in [-0.2, -0.15) is 5.26 Å². The van der Waals surface area contributed by atoms with Crippen LogP contribution in [0.3, 0.4) is 0 Å². The molecule has 5 aliphatic carbocycles. The fourth-order valence-electron chi connectivity index (χ4n) is 10.5. The Labute approximate surface area is 290 Å². The molecular formula is C44H34N4O2. The zero-order valence-electron chi connectivity index (χ0n) is 27.5. The van der Waals surface area contributed by atoms with Gasteiger partial charge in [-0.05, 0) is 104 Å². The molecule has 0 saturated heterocycles. The molecule has 0 amide bonds. The fourth-order valence-corrected chi connectivity index (χ4v) is 10.5. The molecule has 0 spiro atoms. The van der Waals surface area contributed by atoms with Crippen LogP contribution in [0, 0.1) is 29.1 Å². The molecule has 0 radical (unpaired) electrons. The zero-order valence-corrected chi connectivity index (χ0v) is 27.5. The van der Waals surface area contributed by atoms with E-state index in [0.29, 0.717) is 34.0 Å². The lowest BCUT2D eigenvalue weighted by Crippen LogP contribution is -2.48. The molecule has 4 saturated carbocycles. The van der Waals surface area contributed by atoms with Crippen LogP contribution >= 0.6 is 0 Å². The van der Waals surface area contributed by atoms with E-state index in [4.69, 9.17) is 24.1 Å². The van der Waals surface area contributed by atoms with E-state index in [2.05, 4.69) is 60.7 Å². The minimum atomic E-state index is -0.0448. The van der Waals surface area contributed by atoms with Crippen molar-refractivity contribution in [2.75, 3.05) is 0 Å². The highest BCUT2D eigenvalue weighted by Crippen LogP contribution is 2.60. The molecular weight excluding hydrogens is 617 g/mol. The third kappa shape index (κ3) is 4.22. The molecule has 4 bridgehead atoms. The molecule has 242 valence electrons. The molecule has 3 heterocycles. The number of hydrogen-bond acceptors (Lipinski definition) is 6. The van der Waals surface area contributed by atoms with Crippen LogP contribution in [0.4, 0.5) is 0 Å². The number of ether oxygens (including phenoxy) is 1.